The van der Waals surface area contributed by atoms with E-state index in [2.05, 4.69) is 40.5 Å². The largest absolute Gasteiger partial charge is 0.348 e. The molecule has 1 N–H and O–H groups in total. The molecule has 1 aliphatic heterocycles. The molecule has 2 aromatic heterocycles. The Kier molecular flexibility index (Phi) is 6.14. The summed E-state index contributed by atoms with van der Waals surface area (Å²) in [6.45, 7) is 2.93. The van der Waals surface area contributed by atoms with Crippen molar-refractivity contribution in [2.75, 3.05) is 13.1 Å². The van der Waals surface area contributed by atoms with Gasteiger partial charge in [0.15, 0.2) is 0 Å². The van der Waals surface area contributed by atoms with Gasteiger partial charge >= 0.3 is 0 Å². The van der Waals surface area contributed by atoms with Crippen molar-refractivity contribution in [2.45, 2.75) is 25.4 Å². The summed E-state index contributed by atoms with van der Waals surface area (Å²) in [5.41, 5.74) is 3.62. The minimum Gasteiger partial charge on any atom is -0.348 e. The van der Waals surface area contributed by atoms with Crippen molar-refractivity contribution >= 4 is 17.2 Å². The van der Waals surface area contributed by atoms with Crippen LogP contribution in [0.5, 0.6) is 0 Å². The molecule has 0 unspecified atom stereocenters. The van der Waals surface area contributed by atoms with Crippen molar-refractivity contribution in [3.63, 3.8) is 0 Å². The third-order valence-electron chi connectivity index (χ3n) is 5.89. The van der Waals surface area contributed by atoms with Crippen LogP contribution in [0.1, 0.15) is 28.9 Å². The highest BCUT2D eigenvalue weighted by molar-refractivity contribution is 7.13. The number of nitrogens with one attached hydrogen (secondary N) is 1. The van der Waals surface area contributed by atoms with Crippen molar-refractivity contribution in [1.29, 1.82) is 0 Å². The molecule has 162 valence electrons. The van der Waals surface area contributed by atoms with E-state index in [1.165, 1.54) is 5.56 Å². The molecule has 6 heteroatoms. The molecule has 0 radical (unpaired) electrons. The number of carbonyl (C=O) groups is 1. The molecule has 0 aliphatic carbocycles. The Bertz CT molecular complexity index is 1150. The molecule has 4 aromatic rings. The molecule has 1 fully saturated rings. The summed E-state index contributed by atoms with van der Waals surface area (Å²) in [5, 5.41) is 10.0. The second kappa shape index (κ2) is 9.51. The van der Waals surface area contributed by atoms with E-state index in [9.17, 15) is 4.79 Å². The molecule has 1 saturated heterocycles. The summed E-state index contributed by atoms with van der Waals surface area (Å²) in [4.78, 5) is 16.8. The number of nitrogens with zero attached hydrogens (tertiary/aromatic N) is 3. The molecule has 3 heterocycles. The maximum atomic E-state index is 13.3. The minimum atomic E-state index is -0.0642. The number of carbonyl (C=O) groups excluding carboxylic acids is 1. The van der Waals surface area contributed by atoms with Crippen LogP contribution in [0.3, 0.4) is 0 Å². The summed E-state index contributed by atoms with van der Waals surface area (Å²) < 4.78 is 1.76. The highest BCUT2D eigenvalue weighted by atomic mass is 32.1. The summed E-state index contributed by atoms with van der Waals surface area (Å²) in [6.07, 6.45) is 1.91. The van der Waals surface area contributed by atoms with Crippen LogP contribution in [0.2, 0.25) is 0 Å². The Labute approximate surface area is 192 Å². The van der Waals surface area contributed by atoms with E-state index in [4.69, 9.17) is 5.10 Å². The molecule has 5 nitrogen and oxygen atoms in total. The molecule has 1 aliphatic rings. The topological polar surface area (TPSA) is 50.2 Å². The van der Waals surface area contributed by atoms with E-state index in [1.54, 1.807) is 16.0 Å². The van der Waals surface area contributed by atoms with Crippen LogP contribution in [0.4, 0.5) is 0 Å². The first-order valence-corrected chi connectivity index (χ1v) is 11.9. The summed E-state index contributed by atoms with van der Waals surface area (Å²) in [7, 11) is 0. The average molecular weight is 443 g/mol. The average Bonchev–Trinajstić information content (AvgIpc) is 3.52. The van der Waals surface area contributed by atoms with E-state index >= 15 is 0 Å². The molecule has 0 spiro atoms. The lowest BCUT2D eigenvalue weighted by Crippen LogP contribution is -2.44. The maximum Gasteiger partial charge on any atom is 0.270 e. The van der Waals surface area contributed by atoms with E-state index in [0.717, 1.165) is 48.7 Å². The van der Waals surface area contributed by atoms with Crippen molar-refractivity contribution in [2.24, 2.45) is 0 Å². The Morgan fingerprint density at radius 3 is 2.38 bits per heavy atom. The van der Waals surface area contributed by atoms with E-state index < -0.39 is 0 Å². The zero-order valence-electron chi connectivity index (χ0n) is 17.9. The van der Waals surface area contributed by atoms with Crippen LogP contribution < -0.4 is 5.32 Å². The van der Waals surface area contributed by atoms with Gasteiger partial charge in [-0.15, -0.1) is 11.3 Å². The van der Waals surface area contributed by atoms with Gasteiger partial charge in [0.1, 0.15) is 11.4 Å². The molecular weight excluding hydrogens is 416 g/mol. The zero-order valence-corrected chi connectivity index (χ0v) is 18.7. The number of thiophene rings is 1. The van der Waals surface area contributed by atoms with Crippen molar-refractivity contribution < 1.29 is 4.79 Å². The van der Waals surface area contributed by atoms with Gasteiger partial charge in [-0.25, -0.2) is 4.68 Å². The van der Waals surface area contributed by atoms with E-state index in [1.807, 2.05) is 53.9 Å². The SMILES string of the molecule is O=C(NC1CCN(Cc2ccccc2)CC1)c1cc(-c2cccs2)nn1-c1ccccc1. The summed E-state index contributed by atoms with van der Waals surface area (Å²) >= 11 is 1.63. The lowest BCUT2D eigenvalue weighted by molar-refractivity contribution is 0.0901. The Morgan fingerprint density at radius 1 is 0.969 bits per heavy atom. The highest BCUT2D eigenvalue weighted by Crippen LogP contribution is 2.26. The summed E-state index contributed by atoms with van der Waals surface area (Å²) in [6, 6.07) is 26.5. The van der Waals surface area contributed by atoms with Gasteiger partial charge in [-0.2, -0.15) is 5.10 Å². The number of hydrogen-bond donors (Lipinski definition) is 1. The fraction of sp³-hybridized carbons (Fsp3) is 0.231. The van der Waals surface area contributed by atoms with Gasteiger partial charge in [0.2, 0.25) is 0 Å². The molecule has 0 bridgehead atoms. The number of likely N-dealkylation sites (tertiary alicyclic amines) is 1. The Morgan fingerprint density at radius 2 is 1.69 bits per heavy atom. The zero-order chi connectivity index (χ0) is 21.8. The number of para-hydroxylation sites is 1. The molecular formula is C26H26N4OS. The molecule has 1 amide bonds. The number of amides is 1. The first kappa shape index (κ1) is 20.7. The fourth-order valence-electron chi connectivity index (χ4n) is 4.19. The van der Waals surface area contributed by atoms with Crippen LogP contribution in [-0.4, -0.2) is 39.7 Å². The van der Waals surface area contributed by atoms with E-state index in [-0.39, 0.29) is 11.9 Å². The monoisotopic (exact) mass is 442 g/mol. The van der Waals surface area contributed by atoms with Crippen molar-refractivity contribution in [1.82, 2.24) is 20.0 Å². The third kappa shape index (κ3) is 4.66. The van der Waals surface area contributed by atoms with Crippen LogP contribution in [-0.2, 0) is 6.54 Å². The van der Waals surface area contributed by atoms with Gasteiger partial charge in [-0.05, 0) is 48.1 Å². The van der Waals surface area contributed by atoms with Crippen molar-refractivity contribution in [3.05, 3.63) is 95.5 Å². The lowest BCUT2D eigenvalue weighted by atomic mass is 10.0. The van der Waals surface area contributed by atoms with Gasteiger partial charge in [-0.3, -0.25) is 9.69 Å². The number of rotatable bonds is 6. The van der Waals surface area contributed by atoms with Crippen LogP contribution in [0.15, 0.2) is 84.2 Å². The van der Waals surface area contributed by atoms with Gasteiger partial charge in [0, 0.05) is 25.7 Å². The van der Waals surface area contributed by atoms with E-state index in [0.29, 0.717) is 5.69 Å². The molecule has 2 aromatic carbocycles. The summed E-state index contributed by atoms with van der Waals surface area (Å²) in [5.74, 6) is -0.0642. The normalized spacial score (nSPS) is 15.0. The maximum absolute atomic E-state index is 13.3. The molecule has 32 heavy (non-hydrogen) atoms. The fourth-order valence-corrected chi connectivity index (χ4v) is 4.87. The molecule has 0 atom stereocenters. The third-order valence-corrected chi connectivity index (χ3v) is 6.78. The Hall–Kier alpha value is -3.22. The van der Waals surface area contributed by atoms with Gasteiger partial charge < -0.3 is 5.32 Å². The Balaban J connectivity index is 1.28. The van der Waals surface area contributed by atoms with Gasteiger partial charge in [0.05, 0.1) is 10.6 Å². The standard InChI is InChI=1S/C26H26N4OS/c31-26(27-21-13-15-29(16-14-21)19-20-8-3-1-4-9-20)24-18-23(25-12-7-17-32-25)28-30(24)22-10-5-2-6-11-22/h1-12,17-18,21H,13-16,19H2,(H,27,31). The predicted octanol–water partition coefficient (Wildman–Crippen LogP) is 5.00. The van der Waals surface area contributed by atoms with Crippen molar-refractivity contribution in [3.8, 4) is 16.3 Å². The number of hydrogen-bond acceptors (Lipinski definition) is 4. The first-order chi connectivity index (χ1) is 15.8. The molecule has 0 saturated carbocycles. The molecule has 5 rings (SSSR count). The number of piperidine rings is 1. The van der Waals surface area contributed by atoms with Crippen LogP contribution in [0.25, 0.3) is 16.3 Å². The highest BCUT2D eigenvalue weighted by Gasteiger charge is 2.24. The van der Waals surface area contributed by atoms with Crippen LogP contribution in [0, 0.1) is 0 Å². The smallest absolute Gasteiger partial charge is 0.270 e. The van der Waals surface area contributed by atoms with Crippen LogP contribution >= 0.6 is 11.3 Å². The second-order valence-corrected chi connectivity index (χ2v) is 9.10. The lowest BCUT2D eigenvalue weighted by Gasteiger charge is -2.32. The quantitative estimate of drug-likeness (QED) is 0.457. The van der Waals surface area contributed by atoms with Gasteiger partial charge in [0.25, 0.3) is 5.91 Å². The number of aromatic nitrogens is 2. The minimum absolute atomic E-state index is 0.0642. The second-order valence-electron chi connectivity index (χ2n) is 8.15. The first-order valence-electron chi connectivity index (χ1n) is 11.0. The van der Waals surface area contributed by atoms with Gasteiger partial charge in [-0.1, -0.05) is 54.6 Å². The number of benzene rings is 2. The predicted molar refractivity (Wildman–Crippen MR) is 129 cm³/mol.